The fourth-order valence-corrected chi connectivity index (χ4v) is 1.28. The predicted molar refractivity (Wildman–Crippen MR) is 83.8 cm³/mol. The molecular weight excluding hydrogens is 296 g/mol. The molecule has 0 aliphatic rings. The molecule has 8 heteroatoms. The standard InChI is InChI=1S/C7H13NO2S.C4H5NO2.C2H6O/c1-3-8-7(10)4-5-11-6(2)9;5-4(7)2-1-3-6;1-3-2/h3-5H2,1-2H3,(H,8,10);1-3H,(H2,5,7);1-2H3/b;2-1+;. The largest absolute Gasteiger partial charge is 0.388 e. The van der Waals surface area contributed by atoms with Crippen molar-refractivity contribution < 1.29 is 23.9 Å². The molecule has 2 amide bonds. The SMILES string of the molecule is CCNC(=O)CCSC(C)=O.COC.NC(=O)/C=C/C=O. The summed E-state index contributed by atoms with van der Waals surface area (Å²) in [6.45, 7) is 4.03. The van der Waals surface area contributed by atoms with Gasteiger partial charge in [0.2, 0.25) is 11.8 Å². The molecule has 122 valence electrons. The number of nitrogens with one attached hydrogen (secondary N) is 1. The fraction of sp³-hybridized carbons (Fsp3) is 0.538. The number of thioether (sulfide) groups is 1. The summed E-state index contributed by atoms with van der Waals surface area (Å²) in [4.78, 5) is 40.4. The first kappa shape index (κ1) is 24.4. The smallest absolute Gasteiger partial charge is 0.241 e. The van der Waals surface area contributed by atoms with Gasteiger partial charge in [0.05, 0.1) is 0 Å². The number of rotatable bonds is 6. The molecule has 0 spiro atoms. The van der Waals surface area contributed by atoms with Gasteiger partial charge in [-0.2, -0.15) is 0 Å². The van der Waals surface area contributed by atoms with E-state index in [0.29, 0.717) is 25.0 Å². The minimum Gasteiger partial charge on any atom is -0.388 e. The average Bonchev–Trinajstić information content (AvgIpc) is 2.38. The molecule has 0 saturated carbocycles. The number of amides is 2. The minimum atomic E-state index is -0.605. The number of hydrogen-bond donors (Lipinski definition) is 2. The number of carbonyl (C=O) groups excluding carboxylic acids is 4. The molecule has 0 bridgehead atoms. The highest BCUT2D eigenvalue weighted by Crippen LogP contribution is 2.02. The molecule has 0 heterocycles. The van der Waals surface area contributed by atoms with Gasteiger partial charge in [0.15, 0.2) is 5.12 Å². The maximum Gasteiger partial charge on any atom is 0.241 e. The van der Waals surface area contributed by atoms with E-state index >= 15 is 0 Å². The molecule has 0 saturated heterocycles. The number of allylic oxidation sites excluding steroid dienone is 1. The molecule has 0 aromatic heterocycles. The molecule has 0 atom stereocenters. The van der Waals surface area contributed by atoms with Crippen LogP contribution in [0.5, 0.6) is 0 Å². The Morgan fingerprint density at radius 1 is 1.29 bits per heavy atom. The first-order chi connectivity index (χ1) is 9.85. The van der Waals surface area contributed by atoms with Crippen molar-refractivity contribution in [3.63, 3.8) is 0 Å². The molecule has 0 aliphatic carbocycles. The van der Waals surface area contributed by atoms with Crippen LogP contribution in [0.15, 0.2) is 12.2 Å². The summed E-state index contributed by atoms with van der Waals surface area (Å²) in [7, 11) is 3.25. The molecule has 7 nitrogen and oxygen atoms in total. The zero-order chi connectivity index (χ0) is 17.1. The van der Waals surface area contributed by atoms with Crippen LogP contribution in [0.3, 0.4) is 0 Å². The predicted octanol–water partition coefficient (Wildman–Crippen LogP) is 0.282. The Bertz CT molecular complexity index is 333. The third-order valence-electron chi connectivity index (χ3n) is 1.35. The van der Waals surface area contributed by atoms with Crippen molar-refractivity contribution in [2.24, 2.45) is 5.73 Å². The minimum absolute atomic E-state index is 0.0150. The van der Waals surface area contributed by atoms with E-state index in [9.17, 15) is 19.2 Å². The highest BCUT2D eigenvalue weighted by Gasteiger charge is 2.00. The van der Waals surface area contributed by atoms with Gasteiger partial charge in [-0.25, -0.2) is 0 Å². The summed E-state index contributed by atoms with van der Waals surface area (Å²) in [5.41, 5.74) is 4.59. The van der Waals surface area contributed by atoms with Crippen LogP contribution in [0, 0.1) is 0 Å². The Morgan fingerprint density at radius 2 is 1.81 bits per heavy atom. The van der Waals surface area contributed by atoms with Gasteiger partial charge < -0.3 is 15.8 Å². The van der Waals surface area contributed by atoms with E-state index in [-0.39, 0.29) is 11.0 Å². The van der Waals surface area contributed by atoms with Crippen LogP contribution in [-0.2, 0) is 23.9 Å². The maximum absolute atomic E-state index is 10.8. The number of aldehydes is 1. The van der Waals surface area contributed by atoms with E-state index in [1.807, 2.05) is 6.92 Å². The van der Waals surface area contributed by atoms with Crippen LogP contribution < -0.4 is 11.1 Å². The Hall–Kier alpha value is -1.67. The second-order valence-corrected chi connectivity index (χ2v) is 4.62. The van der Waals surface area contributed by atoms with Crippen LogP contribution in [0.25, 0.3) is 0 Å². The molecule has 3 N–H and O–H groups in total. The zero-order valence-electron chi connectivity index (χ0n) is 12.9. The van der Waals surface area contributed by atoms with Gasteiger partial charge in [0.25, 0.3) is 0 Å². The molecule has 21 heavy (non-hydrogen) atoms. The van der Waals surface area contributed by atoms with Crippen LogP contribution >= 0.6 is 11.8 Å². The van der Waals surface area contributed by atoms with Gasteiger partial charge in [-0.3, -0.25) is 19.2 Å². The summed E-state index contributed by atoms with van der Waals surface area (Å²) in [5, 5.41) is 2.72. The van der Waals surface area contributed by atoms with Gasteiger partial charge >= 0.3 is 0 Å². The van der Waals surface area contributed by atoms with Crippen molar-refractivity contribution in [2.75, 3.05) is 26.5 Å². The van der Waals surface area contributed by atoms with Crippen molar-refractivity contribution in [2.45, 2.75) is 20.3 Å². The number of methoxy groups -OCH3 is 1. The van der Waals surface area contributed by atoms with E-state index in [2.05, 4.69) is 15.8 Å². The summed E-state index contributed by atoms with van der Waals surface area (Å²) in [6, 6.07) is 0. The third-order valence-corrected chi connectivity index (χ3v) is 2.16. The molecule has 0 aliphatic heterocycles. The highest BCUT2D eigenvalue weighted by molar-refractivity contribution is 8.13. The fourth-order valence-electron chi connectivity index (χ4n) is 0.707. The van der Waals surface area contributed by atoms with Crippen molar-refractivity contribution in [1.82, 2.24) is 5.32 Å². The average molecular weight is 320 g/mol. The normalized spacial score (nSPS) is 8.76. The van der Waals surface area contributed by atoms with Crippen molar-refractivity contribution in [1.29, 1.82) is 0 Å². The first-order valence-electron chi connectivity index (χ1n) is 6.07. The lowest BCUT2D eigenvalue weighted by atomic mass is 10.4. The lowest BCUT2D eigenvalue weighted by molar-refractivity contribution is -0.120. The maximum atomic E-state index is 10.8. The van der Waals surface area contributed by atoms with Crippen molar-refractivity contribution in [3.05, 3.63) is 12.2 Å². The Morgan fingerprint density at radius 3 is 2.10 bits per heavy atom. The second-order valence-electron chi connectivity index (χ2n) is 3.35. The van der Waals surface area contributed by atoms with Gasteiger partial charge in [0, 0.05) is 45.9 Å². The summed E-state index contributed by atoms with van der Waals surface area (Å²) < 4.78 is 4.25. The summed E-state index contributed by atoms with van der Waals surface area (Å²) >= 11 is 1.19. The van der Waals surface area contributed by atoms with Crippen molar-refractivity contribution >= 4 is 35.0 Å². The number of ether oxygens (including phenoxy) is 1. The van der Waals surface area contributed by atoms with Crippen LogP contribution in [0.2, 0.25) is 0 Å². The van der Waals surface area contributed by atoms with Gasteiger partial charge in [-0.05, 0) is 13.0 Å². The molecule has 0 aromatic carbocycles. The highest BCUT2D eigenvalue weighted by atomic mass is 32.2. The number of primary amides is 1. The lowest BCUT2D eigenvalue weighted by Gasteiger charge is -1.99. The molecule has 0 rings (SSSR count). The van der Waals surface area contributed by atoms with E-state index in [0.717, 1.165) is 12.2 Å². The topological polar surface area (TPSA) is 116 Å². The van der Waals surface area contributed by atoms with E-state index < -0.39 is 5.91 Å². The monoisotopic (exact) mass is 320 g/mol. The zero-order valence-corrected chi connectivity index (χ0v) is 13.7. The van der Waals surface area contributed by atoms with Gasteiger partial charge in [-0.1, -0.05) is 11.8 Å². The van der Waals surface area contributed by atoms with Crippen LogP contribution in [0.4, 0.5) is 0 Å². The Kier molecular flexibility index (Phi) is 23.9. The molecular formula is C13H24N2O5S. The third kappa shape index (κ3) is 38.1. The lowest BCUT2D eigenvalue weighted by Crippen LogP contribution is -2.22. The molecule has 0 aromatic rings. The van der Waals surface area contributed by atoms with Crippen LogP contribution in [-0.4, -0.2) is 49.7 Å². The number of nitrogens with two attached hydrogens (primary N) is 1. The first-order valence-corrected chi connectivity index (χ1v) is 7.05. The Balaban J connectivity index is -0.000000277. The van der Waals surface area contributed by atoms with Gasteiger partial charge in [-0.15, -0.1) is 0 Å². The molecule has 0 fully saturated rings. The van der Waals surface area contributed by atoms with E-state index in [4.69, 9.17) is 0 Å². The quantitative estimate of drug-likeness (QED) is 0.536. The van der Waals surface area contributed by atoms with E-state index in [1.165, 1.54) is 18.7 Å². The summed E-state index contributed by atoms with van der Waals surface area (Å²) in [6.07, 6.45) is 2.96. The molecule has 0 unspecified atom stereocenters. The second kappa shape index (κ2) is 20.6. The Labute approximate surface area is 129 Å². The van der Waals surface area contributed by atoms with E-state index in [1.54, 1.807) is 14.2 Å². The number of hydrogen-bond acceptors (Lipinski definition) is 6. The van der Waals surface area contributed by atoms with Gasteiger partial charge in [0.1, 0.15) is 6.29 Å². The molecule has 0 radical (unpaired) electrons. The van der Waals surface area contributed by atoms with Crippen LogP contribution in [0.1, 0.15) is 20.3 Å². The summed E-state index contributed by atoms with van der Waals surface area (Å²) in [5.74, 6) is -0.00500. The van der Waals surface area contributed by atoms with Crippen molar-refractivity contribution in [3.8, 4) is 0 Å². The number of carbonyl (C=O) groups is 4.